The van der Waals surface area contributed by atoms with E-state index in [1.54, 1.807) is 25.6 Å². The van der Waals surface area contributed by atoms with E-state index >= 15 is 0 Å². The molecular weight excluding hydrogens is 258 g/mol. The molecule has 19 heavy (non-hydrogen) atoms. The Morgan fingerprint density at radius 2 is 2.00 bits per heavy atom. The smallest absolute Gasteiger partial charge is 0.161 e. The van der Waals surface area contributed by atoms with Gasteiger partial charge in [0.15, 0.2) is 11.5 Å². The van der Waals surface area contributed by atoms with E-state index in [1.807, 2.05) is 41.1 Å². The van der Waals surface area contributed by atoms with E-state index in [9.17, 15) is 5.26 Å². The van der Waals surface area contributed by atoms with E-state index in [0.29, 0.717) is 17.1 Å². The monoisotopic (exact) mass is 271 g/mol. The van der Waals surface area contributed by atoms with E-state index in [1.165, 1.54) is 0 Å². The van der Waals surface area contributed by atoms with Crippen LogP contribution in [0.15, 0.2) is 35.0 Å². The summed E-state index contributed by atoms with van der Waals surface area (Å²) in [6.45, 7) is 0. The Kier molecular flexibility index (Phi) is 4.22. The average Bonchev–Trinajstić information content (AvgIpc) is 2.98. The van der Waals surface area contributed by atoms with Crippen LogP contribution in [0.3, 0.4) is 0 Å². The van der Waals surface area contributed by atoms with Crippen molar-refractivity contribution in [2.75, 3.05) is 14.2 Å². The van der Waals surface area contributed by atoms with Crippen molar-refractivity contribution >= 4 is 23.0 Å². The van der Waals surface area contributed by atoms with Crippen LogP contribution in [0.25, 0.3) is 11.6 Å². The predicted octanol–water partition coefficient (Wildman–Crippen LogP) is 3.83. The maximum atomic E-state index is 9.22. The molecule has 0 aliphatic heterocycles. The number of hydrogen-bond donors (Lipinski definition) is 0. The van der Waals surface area contributed by atoms with Crippen molar-refractivity contribution in [3.8, 4) is 17.6 Å². The molecule has 3 nitrogen and oxygen atoms in total. The Bertz CT molecular complexity index is 624. The van der Waals surface area contributed by atoms with Crippen molar-refractivity contribution in [1.82, 2.24) is 0 Å². The molecule has 0 N–H and O–H groups in total. The second-order valence-electron chi connectivity index (χ2n) is 3.80. The van der Waals surface area contributed by atoms with E-state index in [-0.39, 0.29) is 0 Å². The Morgan fingerprint density at radius 1 is 1.21 bits per heavy atom. The van der Waals surface area contributed by atoms with Crippen LogP contribution >= 0.6 is 11.3 Å². The molecule has 2 rings (SSSR count). The fourth-order valence-corrected chi connectivity index (χ4v) is 2.36. The second-order valence-corrected chi connectivity index (χ2v) is 4.58. The molecule has 0 unspecified atom stereocenters. The van der Waals surface area contributed by atoms with Crippen LogP contribution in [-0.2, 0) is 0 Å². The summed E-state index contributed by atoms with van der Waals surface area (Å²) in [6.07, 6.45) is 1.84. The minimum absolute atomic E-state index is 0.633. The molecule has 0 aliphatic carbocycles. The van der Waals surface area contributed by atoms with Gasteiger partial charge in [-0.2, -0.15) is 16.6 Å². The molecule has 0 fully saturated rings. The second kappa shape index (κ2) is 6.07. The number of methoxy groups -OCH3 is 2. The standard InChI is InChI=1S/C15H13NO2S/c1-17-14-4-3-11(8-15(14)18-2)7-13(9-16)12-5-6-19-10-12/h3-8,10H,1-2H3. The van der Waals surface area contributed by atoms with E-state index in [0.717, 1.165) is 11.1 Å². The van der Waals surface area contributed by atoms with Crippen LogP contribution in [0, 0.1) is 11.3 Å². The van der Waals surface area contributed by atoms with Gasteiger partial charge < -0.3 is 9.47 Å². The molecule has 0 amide bonds. The van der Waals surface area contributed by atoms with Gasteiger partial charge in [0.25, 0.3) is 0 Å². The van der Waals surface area contributed by atoms with Gasteiger partial charge in [0, 0.05) is 5.56 Å². The lowest BCUT2D eigenvalue weighted by molar-refractivity contribution is 0.355. The summed E-state index contributed by atoms with van der Waals surface area (Å²) in [7, 11) is 3.19. The molecular formula is C15H13NO2S. The zero-order valence-corrected chi connectivity index (χ0v) is 11.5. The van der Waals surface area contributed by atoms with Crippen LogP contribution in [0.4, 0.5) is 0 Å². The van der Waals surface area contributed by atoms with Gasteiger partial charge in [-0.25, -0.2) is 0 Å². The van der Waals surface area contributed by atoms with E-state index in [2.05, 4.69) is 6.07 Å². The molecule has 1 heterocycles. The van der Waals surface area contributed by atoms with Gasteiger partial charge in [0.1, 0.15) is 0 Å². The highest BCUT2D eigenvalue weighted by Crippen LogP contribution is 2.29. The number of allylic oxidation sites excluding steroid dienone is 1. The topological polar surface area (TPSA) is 42.2 Å². The van der Waals surface area contributed by atoms with Crippen molar-refractivity contribution in [3.63, 3.8) is 0 Å². The van der Waals surface area contributed by atoms with Gasteiger partial charge in [-0.3, -0.25) is 0 Å². The third-order valence-corrected chi connectivity index (χ3v) is 3.35. The van der Waals surface area contributed by atoms with Crippen molar-refractivity contribution in [1.29, 1.82) is 5.26 Å². The highest BCUT2D eigenvalue weighted by Gasteiger charge is 2.05. The molecule has 4 heteroatoms. The van der Waals surface area contributed by atoms with Crippen LogP contribution in [0.2, 0.25) is 0 Å². The zero-order chi connectivity index (χ0) is 13.7. The van der Waals surface area contributed by atoms with Crippen LogP contribution in [0.1, 0.15) is 11.1 Å². The minimum atomic E-state index is 0.633. The quantitative estimate of drug-likeness (QED) is 0.794. The number of ether oxygens (including phenoxy) is 2. The summed E-state index contributed by atoms with van der Waals surface area (Å²) in [5.41, 5.74) is 2.47. The molecule has 0 saturated carbocycles. The van der Waals surface area contributed by atoms with Gasteiger partial charge >= 0.3 is 0 Å². The van der Waals surface area contributed by atoms with Crippen molar-refractivity contribution in [3.05, 3.63) is 46.2 Å². The van der Waals surface area contributed by atoms with Gasteiger partial charge in [-0.1, -0.05) is 6.07 Å². The fourth-order valence-electron chi connectivity index (χ4n) is 1.71. The lowest BCUT2D eigenvalue weighted by atomic mass is 10.1. The number of hydrogen-bond acceptors (Lipinski definition) is 4. The Hall–Kier alpha value is -2.25. The van der Waals surface area contributed by atoms with Crippen molar-refractivity contribution in [2.24, 2.45) is 0 Å². The molecule has 0 radical (unpaired) electrons. The van der Waals surface area contributed by atoms with Crippen LogP contribution in [-0.4, -0.2) is 14.2 Å². The van der Waals surface area contributed by atoms with E-state index < -0.39 is 0 Å². The SMILES string of the molecule is COc1ccc(C=C(C#N)c2ccsc2)cc1OC. The third-order valence-electron chi connectivity index (χ3n) is 2.67. The summed E-state index contributed by atoms with van der Waals surface area (Å²) in [4.78, 5) is 0. The molecule has 1 aromatic carbocycles. The first-order valence-electron chi connectivity index (χ1n) is 5.65. The van der Waals surface area contributed by atoms with Gasteiger partial charge in [-0.05, 0) is 40.6 Å². The number of nitrogens with zero attached hydrogens (tertiary/aromatic N) is 1. The van der Waals surface area contributed by atoms with Gasteiger partial charge in [-0.15, -0.1) is 0 Å². The largest absolute Gasteiger partial charge is 0.493 e. The maximum absolute atomic E-state index is 9.22. The zero-order valence-electron chi connectivity index (χ0n) is 10.7. The van der Waals surface area contributed by atoms with Crippen LogP contribution in [0.5, 0.6) is 11.5 Å². The fraction of sp³-hybridized carbons (Fsp3) is 0.133. The summed E-state index contributed by atoms with van der Waals surface area (Å²) < 4.78 is 10.4. The normalized spacial score (nSPS) is 10.9. The summed E-state index contributed by atoms with van der Waals surface area (Å²) >= 11 is 1.57. The number of thiophene rings is 1. The summed E-state index contributed by atoms with van der Waals surface area (Å²) in [5.74, 6) is 1.33. The van der Waals surface area contributed by atoms with Gasteiger partial charge in [0.05, 0.1) is 25.9 Å². The molecule has 0 atom stereocenters. The third kappa shape index (κ3) is 2.95. The molecule has 0 aliphatic rings. The number of rotatable bonds is 4. The first-order chi connectivity index (χ1) is 9.28. The molecule has 0 spiro atoms. The summed E-state index contributed by atoms with van der Waals surface area (Å²) in [6, 6.07) is 9.72. The lowest BCUT2D eigenvalue weighted by Crippen LogP contribution is -1.90. The highest BCUT2D eigenvalue weighted by atomic mass is 32.1. The maximum Gasteiger partial charge on any atom is 0.161 e. The molecule has 1 aromatic heterocycles. The minimum Gasteiger partial charge on any atom is -0.493 e. The first-order valence-corrected chi connectivity index (χ1v) is 6.59. The van der Waals surface area contributed by atoms with E-state index in [4.69, 9.17) is 9.47 Å². The Morgan fingerprint density at radius 3 is 2.58 bits per heavy atom. The van der Waals surface area contributed by atoms with Crippen molar-refractivity contribution < 1.29 is 9.47 Å². The molecule has 0 saturated heterocycles. The molecule has 0 bridgehead atoms. The first kappa shape index (κ1) is 13.2. The number of nitriles is 1. The van der Waals surface area contributed by atoms with Gasteiger partial charge in [0.2, 0.25) is 0 Å². The average molecular weight is 271 g/mol. The Balaban J connectivity index is 2.40. The van der Waals surface area contributed by atoms with Crippen LogP contribution < -0.4 is 9.47 Å². The van der Waals surface area contributed by atoms with Crippen molar-refractivity contribution in [2.45, 2.75) is 0 Å². The molecule has 96 valence electrons. The number of benzene rings is 1. The highest BCUT2D eigenvalue weighted by molar-refractivity contribution is 7.08. The Labute approximate surface area is 116 Å². The summed E-state index contributed by atoms with van der Waals surface area (Å²) in [5, 5.41) is 13.1. The molecule has 2 aromatic rings. The predicted molar refractivity (Wildman–Crippen MR) is 77.3 cm³/mol. The lowest BCUT2D eigenvalue weighted by Gasteiger charge is -2.07.